The number of amides is 2. The van der Waals surface area contributed by atoms with Crippen LogP contribution in [0.4, 0.5) is 0 Å². The molecule has 35 heavy (non-hydrogen) atoms. The first kappa shape index (κ1) is 24.8. The number of carbonyl (C=O) groups excluding carboxylic acids is 2. The molecule has 184 valence electrons. The second-order valence-electron chi connectivity index (χ2n) is 8.93. The van der Waals surface area contributed by atoms with Crippen LogP contribution >= 0.6 is 11.3 Å². The number of hydrogen-bond donors (Lipinski definition) is 2. The molecule has 2 amide bonds. The lowest BCUT2D eigenvalue weighted by Gasteiger charge is -2.34. The van der Waals surface area contributed by atoms with Crippen molar-refractivity contribution in [3.8, 4) is 11.5 Å². The van der Waals surface area contributed by atoms with Crippen LogP contribution < -0.4 is 10.1 Å². The van der Waals surface area contributed by atoms with E-state index in [4.69, 9.17) is 4.74 Å². The molecule has 1 heterocycles. The van der Waals surface area contributed by atoms with Gasteiger partial charge in [0.05, 0.1) is 20.1 Å². The SMILES string of the molecule is COc1ccccc1CN(C(=O)Cc1cccs1)[C@H](C(=O)NC1CCCCC1)c1ccc(O)cc1. The molecule has 4 rings (SSSR count). The molecule has 1 aromatic heterocycles. The Hall–Kier alpha value is -3.32. The number of phenols is 1. The number of rotatable bonds is 9. The van der Waals surface area contributed by atoms with E-state index in [-0.39, 0.29) is 36.6 Å². The zero-order chi connectivity index (χ0) is 24.6. The number of nitrogens with one attached hydrogen (secondary N) is 1. The van der Waals surface area contributed by atoms with Gasteiger partial charge in [0.25, 0.3) is 0 Å². The molecule has 2 aromatic carbocycles. The quantitative estimate of drug-likeness (QED) is 0.429. The minimum atomic E-state index is -0.838. The van der Waals surface area contributed by atoms with Gasteiger partial charge in [-0.1, -0.05) is 55.7 Å². The lowest BCUT2D eigenvalue weighted by Crippen LogP contribution is -2.47. The summed E-state index contributed by atoms with van der Waals surface area (Å²) in [4.78, 5) is 30.1. The number of methoxy groups -OCH3 is 1. The summed E-state index contributed by atoms with van der Waals surface area (Å²) in [5, 5.41) is 15.0. The average molecular weight is 493 g/mol. The Bertz CT molecular complexity index is 1110. The second-order valence-corrected chi connectivity index (χ2v) is 9.96. The molecule has 1 aliphatic carbocycles. The molecular weight excluding hydrogens is 460 g/mol. The molecule has 0 bridgehead atoms. The highest BCUT2D eigenvalue weighted by Crippen LogP contribution is 2.30. The summed E-state index contributed by atoms with van der Waals surface area (Å²) in [7, 11) is 1.60. The zero-order valence-corrected chi connectivity index (χ0v) is 20.8. The smallest absolute Gasteiger partial charge is 0.247 e. The average Bonchev–Trinajstić information content (AvgIpc) is 3.38. The van der Waals surface area contributed by atoms with E-state index in [0.717, 1.165) is 36.1 Å². The zero-order valence-electron chi connectivity index (χ0n) is 20.0. The largest absolute Gasteiger partial charge is 0.508 e. The van der Waals surface area contributed by atoms with Crippen LogP contribution in [0, 0.1) is 0 Å². The van der Waals surface area contributed by atoms with Gasteiger partial charge < -0.3 is 20.1 Å². The van der Waals surface area contributed by atoms with E-state index in [9.17, 15) is 14.7 Å². The van der Waals surface area contributed by atoms with Gasteiger partial charge in [-0.2, -0.15) is 0 Å². The van der Waals surface area contributed by atoms with Crippen LogP contribution in [0.2, 0.25) is 0 Å². The van der Waals surface area contributed by atoms with Gasteiger partial charge in [0, 0.05) is 16.5 Å². The summed E-state index contributed by atoms with van der Waals surface area (Å²) in [5.74, 6) is 0.437. The molecule has 0 unspecified atom stereocenters. The summed E-state index contributed by atoms with van der Waals surface area (Å²) in [5.41, 5.74) is 1.48. The predicted molar refractivity (Wildman–Crippen MR) is 137 cm³/mol. The van der Waals surface area contributed by atoms with Gasteiger partial charge in [0.15, 0.2) is 0 Å². The van der Waals surface area contributed by atoms with Crippen molar-refractivity contribution in [2.75, 3.05) is 7.11 Å². The monoisotopic (exact) mass is 492 g/mol. The highest BCUT2D eigenvalue weighted by atomic mass is 32.1. The highest BCUT2D eigenvalue weighted by molar-refractivity contribution is 7.10. The van der Waals surface area contributed by atoms with E-state index in [1.807, 2.05) is 41.8 Å². The number of nitrogens with zero attached hydrogens (tertiary/aromatic N) is 1. The Balaban J connectivity index is 1.71. The molecule has 6 nitrogen and oxygen atoms in total. The van der Waals surface area contributed by atoms with Gasteiger partial charge in [-0.25, -0.2) is 0 Å². The van der Waals surface area contributed by atoms with Gasteiger partial charge in [0.2, 0.25) is 11.8 Å². The second kappa shape index (κ2) is 11.9. The first-order chi connectivity index (χ1) is 17.0. The van der Waals surface area contributed by atoms with Gasteiger partial charge in [-0.3, -0.25) is 9.59 Å². The van der Waals surface area contributed by atoms with Crippen LogP contribution in [0.3, 0.4) is 0 Å². The number of ether oxygens (including phenoxy) is 1. The molecule has 0 radical (unpaired) electrons. The van der Waals surface area contributed by atoms with Crippen molar-refractivity contribution in [1.29, 1.82) is 0 Å². The Labute approximate surface area is 210 Å². The Morgan fingerprint density at radius 3 is 2.49 bits per heavy atom. The number of para-hydroxylation sites is 1. The number of aromatic hydroxyl groups is 1. The van der Waals surface area contributed by atoms with Crippen LogP contribution in [0.15, 0.2) is 66.0 Å². The van der Waals surface area contributed by atoms with Crippen molar-refractivity contribution < 1.29 is 19.4 Å². The van der Waals surface area contributed by atoms with Gasteiger partial charge in [-0.05, 0) is 48.1 Å². The van der Waals surface area contributed by atoms with Crippen LogP contribution in [-0.2, 0) is 22.6 Å². The predicted octanol–water partition coefficient (Wildman–Crippen LogP) is 5.22. The third kappa shape index (κ3) is 6.42. The molecular formula is C28H32N2O4S. The fraction of sp³-hybridized carbons (Fsp3) is 0.357. The van der Waals surface area contributed by atoms with E-state index < -0.39 is 6.04 Å². The highest BCUT2D eigenvalue weighted by Gasteiger charge is 2.33. The molecule has 0 saturated heterocycles. The standard InChI is InChI=1S/C28H32N2O4S/c1-34-25-12-6-5-8-21(25)19-30(26(32)18-24-11-7-17-35-24)27(20-13-15-23(31)16-14-20)28(33)29-22-9-3-2-4-10-22/h5-8,11-17,22,27,31H,2-4,9-10,18-19H2,1H3,(H,29,33)/t27-/m0/s1. The lowest BCUT2D eigenvalue weighted by molar-refractivity contribution is -0.141. The fourth-order valence-electron chi connectivity index (χ4n) is 4.66. The number of phenolic OH excluding ortho intramolecular Hbond substituents is 1. The van der Waals surface area contributed by atoms with E-state index in [0.29, 0.717) is 11.3 Å². The number of hydrogen-bond acceptors (Lipinski definition) is 5. The van der Waals surface area contributed by atoms with E-state index in [1.54, 1.807) is 36.3 Å². The maximum absolute atomic E-state index is 13.8. The van der Waals surface area contributed by atoms with Crippen LogP contribution in [0.5, 0.6) is 11.5 Å². The van der Waals surface area contributed by atoms with Crippen LogP contribution in [-0.4, -0.2) is 35.0 Å². The lowest BCUT2D eigenvalue weighted by atomic mass is 9.94. The minimum Gasteiger partial charge on any atom is -0.508 e. The Morgan fingerprint density at radius 1 is 1.06 bits per heavy atom. The van der Waals surface area contributed by atoms with Crippen LogP contribution in [0.25, 0.3) is 0 Å². The molecule has 1 fully saturated rings. The third-order valence-corrected chi connectivity index (χ3v) is 7.36. The Morgan fingerprint density at radius 2 is 1.80 bits per heavy atom. The van der Waals surface area contributed by atoms with E-state index in [2.05, 4.69) is 5.32 Å². The number of thiophene rings is 1. The molecule has 1 saturated carbocycles. The molecule has 3 aromatic rings. The van der Waals surface area contributed by atoms with Gasteiger partial charge in [-0.15, -0.1) is 11.3 Å². The first-order valence-corrected chi connectivity index (χ1v) is 13.0. The molecule has 0 aliphatic heterocycles. The van der Waals surface area contributed by atoms with E-state index >= 15 is 0 Å². The number of benzene rings is 2. The summed E-state index contributed by atoms with van der Waals surface area (Å²) in [6.45, 7) is 0.220. The van der Waals surface area contributed by atoms with Crippen molar-refractivity contribution in [1.82, 2.24) is 10.2 Å². The number of carbonyl (C=O) groups is 2. The van der Waals surface area contributed by atoms with Gasteiger partial charge in [0.1, 0.15) is 17.5 Å². The molecule has 0 spiro atoms. The van der Waals surface area contributed by atoms with Crippen molar-refractivity contribution >= 4 is 23.2 Å². The van der Waals surface area contributed by atoms with Gasteiger partial charge >= 0.3 is 0 Å². The molecule has 2 N–H and O–H groups in total. The third-order valence-electron chi connectivity index (χ3n) is 6.48. The summed E-state index contributed by atoms with van der Waals surface area (Å²) in [6.07, 6.45) is 5.48. The topological polar surface area (TPSA) is 78.9 Å². The molecule has 1 atom stereocenters. The summed E-state index contributed by atoms with van der Waals surface area (Å²) in [6, 6.07) is 17.2. The maximum Gasteiger partial charge on any atom is 0.247 e. The first-order valence-electron chi connectivity index (χ1n) is 12.1. The minimum absolute atomic E-state index is 0.108. The van der Waals surface area contributed by atoms with E-state index in [1.165, 1.54) is 17.8 Å². The van der Waals surface area contributed by atoms with Crippen molar-refractivity contribution in [2.45, 2.75) is 57.2 Å². The van der Waals surface area contributed by atoms with Crippen LogP contribution in [0.1, 0.15) is 54.1 Å². The molecule has 7 heteroatoms. The summed E-state index contributed by atoms with van der Waals surface area (Å²) < 4.78 is 5.55. The summed E-state index contributed by atoms with van der Waals surface area (Å²) >= 11 is 1.52. The normalized spacial score (nSPS) is 14.8. The Kier molecular flexibility index (Phi) is 8.42. The fourth-order valence-corrected chi connectivity index (χ4v) is 5.36. The molecule has 1 aliphatic rings. The van der Waals surface area contributed by atoms with Crippen molar-refractivity contribution in [3.63, 3.8) is 0 Å². The van der Waals surface area contributed by atoms with Crippen molar-refractivity contribution in [2.24, 2.45) is 0 Å². The maximum atomic E-state index is 13.8. The van der Waals surface area contributed by atoms with Crippen molar-refractivity contribution in [3.05, 3.63) is 82.0 Å².